The Morgan fingerprint density at radius 2 is 1.44 bits per heavy atom. The summed E-state index contributed by atoms with van der Waals surface area (Å²) >= 11 is -2.93. The Bertz CT molecular complexity index is 264. The van der Waals surface area contributed by atoms with Crippen LogP contribution in [-0.2, 0) is 15.7 Å². The van der Waals surface area contributed by atoms with E-state index in [1.165, 1.54) is 0 Å². The molecule has 18 heavy (non-hydrogen) atoms. The first-order valence-corrected chi connectivity index (χ1v) is 14.7. The van der Waals surface area contributed by atoms with Crippen LogP contribution in [0.15, 0.2) is 0 Å². The van der Waals surface area contributed by atoms with Crippen LogP contribution in [0.5, 0.6) is 0 Å². The van der Waals surface area contributed by atoms with E-state index in [0.717, 1.165) is 32.1 Å². The minimum atomic E-state index is -2.93. The van der Waals surface area contributed by atoms with Gasteiger partial charge in [0.05, 0.1) is 0 Å². The average molecular weight is 365 g/mol. The van der Waals surface area contributed by atoms with Gasteiger partial charge in [-0.05, 0) is 0 Å². The fourth-order valence-corrected chi connectivity index (χ4v) is 3.63. The molecule has 0 aliphatic rings. The number of Topliss-reactive ketones (excluding diaryl/α,β-unsaturated/α-hetero) is 1. The number of carbonyl (C=O) groups excluding carboxylic acids is 2. The normalized spacial score (nSPS) is 11.3. The van der Waals surface area contributed by atoms with E-state index in [0.29, 0.717) is 12.8 Å². The Kier molecular flexibility index (Phi) is 9.72. The summed E-state index contributed by atoms with van der Waals surface area (Å²) in [5.74, 6) is 0.134. The van der Waals surface area contributed by atoms with Crippen molar-refractivity contribution in [3.8, 4) is 0 Å². The molecule has 0 amide bonds. The first-order chi connectivity index (χ1) is 8.37. The van der Waals surface area contributed by atoms with E-state index in [2.05, 4.69) is 0 Å². The third kappa shape index (κ3) is 11.0. The van der Waals surface area contributed by atoms with Gasteiger partial charge in [0.15, 0.2) is 0 Å². The van der Waals surface area contributed by atoms with Crippen molar-refractivity contribution in [2.75, 3.05) is 7.11 Å². The fourth-order valence-electron chi connectivity index (χ4n) is 1.54. The molecular weight excluding hydrogens is 339 g/mol. The van der Waals surface area contributed by atoms with Crippen LogP contribution in [0.25, 0.3) is 0 Å². The second kappa shape index (κ2) is 9.78. The van der Waals surface area contributed by atoms with Crippen molar-refractivity contribution in [3.05, 3.63) is 0 Å². The maximum absolute atomic E-state index is 11.5. The van der Waals surface area contributed by atoms with Gasteiger partial charge in [0.25, 0.3) is 0 Å². The van der Waals surface area contributed by atoms with Crippen molar-refractivity contribution in [3.63, 3.8) is 0 Å². The second-order valence-electron chi connectivity index (χ2n) is 5.05. The molecule has 4 nitrogen and oxygen atoms in total. The van der Waals surface area contributed by atoms with E-state index in [1.54, 1.807) is 14.0 Å². The number of ketones is 1. The van der Waals surface area contributed by atoms with Crippen LogP contribution in [-0.4, -0.2) is 38.1 Å². The van der Waals surface area contributed by atoms with Gasteiger partial charge in [-0.1, -0.05) is 0 Å². The van der Waals surface area contributed by atoms with Crippen LogP contribution in [0.3, 0.4) is 0 Å². The topological polar surface area (TPSA) is 52.6 Å². The summed E-state index contributed by atoms with van der Waals surface area (Å²) in [7, 11) is 1.61. The molecule has 0 unspecified atom stereocenters. The third-order valence-electron chi connectivity index (χ3n) is 2.76. The van der Waals surface area contributed by atoms with E-state index in [-0.39, 0.29) is 11.8 Å². The van der Waals surface area contributed by atoms with Gasteiger partial charge in [-0.2, -0.15) is 0 Å². The Hall–Kier alpha value is -0.101. The quantitative estimate of drug-likeness (QED) is 0.441. The first-order valence-electron chi connectivity index (χ1n) is 6.64. The second-order valence-corrected chi connectivity index (χ2v) is 14.8. The van der Waals surface area contributed by atoms with E-state index >= 15 is 0 Å². The summed E-state index contributed by atoms with van der Waals surface area (Å²) in [5.41, 5.74) is 0. The zero-order valence-electron chi connectivity index (χ0n) is 12.1. The van der Waals surface area contributed by atoms with Gasteiger partial charge in [0, 0.05) is 0 Å². The molecule has 0 saturated carbocycles. The van der Waals surface area contributed by atoms with Crippen LogP contribution in [0.4, 0.5) is 0 Å². The average Bonchev–Trinajstić information content (AvgIpc) is 2.26. The van der Waals surface area contributed by atoms with Gasteiger partial charge in [0.2, 0.25) is 0 Å². The van der Waals surface area contributed by atoms with Crippen LogP contribution < -0.4 is 0 Å². The van der Waals surface area contributed by atoms with Crippen LogP contribution in [0.2, 0.25) is 9.88 Å². The molecule has 0 aliphatic carbocycles. The minimum absolute atomic E-state index is 0.124. The maximum atomic E-state index is 11.5. The summed E-state index contributed by atoms with van der Waals surface area (Å²) in [6, 6.07) is 0. The Balaban J connectivity index is 3.44. The van der Waals surface area contributed by atoms with E-state index in [1.807, 2.05) is 9.88 Å². The summed E-state index contributed by atoms with van der Waals surface area (Å²) in [5, 5.41) is 0. The standard InChI is InChI=1S/C10H18O3.CH3O.2CH3.Sn/c1-9(11)7-5-3-2-4-6-8-10(12)13;1-2;;;/h2-8H2,1H3,(H,12,13);1H3;2*1H3;/q;-1;;;+2/p-1. The number of rotatable bonds is 10. The molecule has 0 bridgehead atoms. The Morgan fingerprint density at radius 3 is 1.94 bits per heavy atom. The van der Waals surface area contributed by atoms with Crippen molar-refractivity contribution >= 4 is 31.0 Å². The number of hydrogen-bond donors (Lipinski definition) is 0. The van der Waals surface area contributed by atoms with Crippen LogP contribution in [0, 0.1) is 0 Å². The molecule has 0 aliphatic heterocycles. The molecule has 0 N–H and O–H groups in total. The molecule has 0 rings (SSSR count). The Labute approximate surface area is 115 Å². The molecule has 0 aromatic carbocycles. The van der Waals surface area contributed by atoms with Gasteiger partial charge >= 0.3 is 116 Å². The molecule has 0 fully saturated rings. The molecule has 0 spiro atoms. The zero-order valence-corrected chi connectivity index (χ0v) is 14.9. The van der Waals surface area contributed by atoms with Gasteiger partial charge in [-0.3, -0.25) is 0 Å². The van der Waals surface area contributed by atoms with Crippen LogP contribution in [0.1, 0.15) is 51.9 Å². The van der Waals surface area contributed by atoms with E-state index in [9.17, 15) is 9.59 Å². The van der Waals surface area contributed by atoms with Crippen molar-refractivity contribution in [2.24, 2.45) is 0 Å². The molecule has 0 aromatic heterocycles. The molecule has 0 heterocycles. The SMILES string of the molecule is C[O][Sn]([CH3])([CH3])[O]C(=O)CCCCCCCC(C)=O. The Morgan fingerprint density at radius 1 is 0.944 bits per heavy atom. The number of carbonyl (C=O) groups is 2. The molecule has 0 atom stereocenters. The fraction of sp³-hybridized carbons (Fsp3) is 0.846. The molecule has 106 valence electrons. The van der Waals surface area contributed by atoms with Gasteiger partial charge in [-0.15, -0.1) is 0 Å². The van der Waals surface area contributed by atoms with Gasteiger partial charge in [0.1, 0.15) is 0 Å². The van der Waals surface area contributed by atoms with Crippen LogP contribution >= 0.6 is 0 Å². The predicted octanol–water partition coefficient (Wildman–Crippen LogP) is 3.20. The zero-order chi connectivity index (χ0) is 14.0. The number of hydrogen-bond acceptors (Lipinski definition) is 4. The molecule has 0 radical (unpaired) electrons. The number of unbranched alkanes of at least 4 members (excludes halogenated alkanes) is 4. The van der Waals surface area contributed by atoms with Crippen molar-refractivity contribution in [1.29, 1.82) is 0 Å². The van der Waals surface area contributed by atoms with E-state index in [4.69, 9.17) is 6.15 Å². The van der Waals surface area contributed by atoms with E-state index < -0.39 is 19.2 Å². The molecule has 5 heteroatoms. The molecule has 0 saturated heterocycles. The van der Waals surface area contributed by atoms with Crippen molar-refractivity contribution in [1.82, 2.24) is 0 Å². The van der Waals surface area contributed by atoms with Crippen molar-refractivity contribution < 1.29 is 15.7 Å². The predicted molar refractivity (Wildman–Crippen MR) is 73.6 cm³/mol. The third-order valence-corrected chi connectivity index (χ3v) is 7.62. The summed E-state index contributed by atoms with van der Waals surface area (Å²) in [4.78, 5) is 26.1. The molecule has 0 aromatic rings. The van der Waals surface area contributed by atoms with Gasteiger partial charge in [-0.25, -0.2) is 0 Å². The summed E-state index contributed by atoms with van der Waals surface area (Å²) in [6.45, 7) is 1.62. The van der Waals surface area contributed by atoms with Gasteiger partial charge < -0.3 is 0 Å². The summed E-state index contributed by atoms with van der Waals surface area (Å²) < 4.78 is 10.6. The van der Waals surface area contributed by atoms with Crippen molar-refractivity contribution in [2.45, 2.75) is 61.7 Å². The monoisotopic (exact) mass is 366 g/mol. The first kappa shape index (κ1) is 17.9. The summed E-state index contributed by atoms with van der Waals surface area (Å²) in [6.07, 6.45) is 6.16. The molecular formula is C13H26O4Sn.